The Kier molecular flexibility index (Phi) is 1.22. The highest BCUT2D eigenvalue weighted by Gasteiger charge is 1.94. The summed E-state index contributed by atoms with van der Waals surface area (Å²) in [6, 6.07) is 14.8. The van der Waals surface area contributed by atoms with Crippen molar-refractivity contribution in [1.29, 1.82) is 0 Å². The minimum absolute atomic E-state index is 1.25. The van der Waals surface area contributed by atoms with E-state index >= 15 is 0 Å². The number of rotatable bonds is 0. The van der Waals surface area contributed by atoms with Crippen LogP contribution >= 0.6 is 0 Å². The van der Waals surface area contributed by atoms with Gasteiger partial charge in [-0.1, -0.05) is 24.3 Å². The molecule has 1 heteroatoms. The second-order valence-electron chi connectivity index (χ2n) is 3.24. The molecule has 2 heterocycles. The first kappa shape index (κ1) is 6.72. The lowest BCUT2D eigenvalue weighted by molar-refractivity contribution is 1.22. The number of pyridine rings is 1. The smallest absolute Gasteiger partial charge is 0.0456 e. The Morgan fingerprint density at radius 3 is 2.62 bits per heavy atom. The van der Waals surface area contributed by atoms with Crippen LogP contribution < -0.4 is 0 Å². The van der Waals surface area contributed by atoms with Crippen LogP contribution in [0.3, 0.4) is 0 Å². The van der Waals surface area contributed by atoms with Crippen molar-refractivity contribution in [2.75, 3.05) is 0 Å². The highest BCUT2D eigenvalue weighted by molar-refractivity contribution is 5.85. The second-order valence-corrected chi connectivity index (χ2v) is 3.24. The zero-order valence-corrected chi connectivity index (χ0v) is 7.14. The molecule has 0 amide bonds. The van der Waals surface area contributed by atoms with Gasteiger partial charge in [-0.05, 0) is 29.0 Å². The third-order valence-electron chi connectivity index (χ3n) is 2.39. The van der Waals surface area contributed by atoms with E-state index in [-0.39, 0.29) is 0 Å². The van der Waals surface area contributed by atoms with E-state index in [4.69, 9.17) is 0 Å². The van der Waals surface area contributed by atoms with E-state index in [1.54, 1.807) is 0 Å². The topological polar surface area (TPSA) is 4.41 Å². The molecule has 2 aromatic heterocycles. The summed E-state index contributed by atoms with van der Waals surface area (Å²) in [6.45, 7) is 0. The second kappa shape index (κ2) is 2.36. The Hall–Kier alpha value is -1.76. The Morgan fingerprint density at radius 2 is 1.69 bits per heavy atom. The van der Waals surface area contributed by atoms with Crippen molar-refractivity contribution < 1.29 is 0 Å². The van der Waals surface area contributed by atoms with Crippen molar-refractivity contribution in [2.24, 2.45) is 0 Å². The van der Waals surface area contributed by atoms with Gasteiger partial charge in [0.2, 0.25) is 0 Å². The molecule has 0 spiro atoms. The lowest BCUT2D eigenvalue weighted by Gasteiger charge is -1.99. The Bertz CT molecular complexity index is 514. The van der Waals surface area contributed by atoms with E-state index in [0.717, 1.165) is 0 Å². The van der Waals surface area contributed by atoms with E-state index < -0.39 is 0 Å². The third kappa shape index (κ3) is 0.937. The van der Waals surface area contributed by atoms with Crippen LogP contribution in [0.15, 0.2) is 54.9 Å². The predicted octanol–water partition coefficient (Wildman–Crippen LogP) is 3.09. The normalized spacial score (nSPS) is 11.1. The van der Waals surface area contributed by atoms with E-state index in [2.05, 4.69) is 59.3 Å². The van der Waals surface area contributed by atoms with E-state index in [1.165, 1.54) is 16.3 Å². The highest BCUT2D eigenvalue weighted by Crippen LogP contribution is 2.16. The average molecular weight is 167 g/mol. The fourth-order valence-corrected chi connectivity index (χ4v) is 1.72. The first-order valence-electron chi connectivity index (χ1n) is 4.39. The molecule has 0 unspecified atom stereocenters. The molecule has 0 radical (unpaired) electrons. The molecular formula is C12H9N. The molecule has 0 saturated carbocycles. The highest BCUT2D eigenvalue weighted by atomic mass is 14.8. The molecule has 0 aliphatic heterocycles. The zero-order valence-electron chi connectivity index (χ0n) is 7.14. The Morgan fingerprint density at radius 1 is 0.846 bits per heavy atom. The molecule has 0 atom stereocenters. The summed E-state index contributed by atoms with van der Waals surface area (Å²) >= 11 is 0. The van der Waals surface area contributed by atoms with E-state index in [0.29, 0.717) is 0 Å². The molecule has 1 nitrogen and oxygen atoms in total. The molecule has 3 aromatic rings. The summed E-state index contributed by atoms with van der Waals surface area (Å²) in [5.41, 5.74) is 1.25. The quantitative estimate of drug-likeness (QED) is 0.484. The van der Waals surface area contributed by atoms with Gasteiger partial charge in [-0.3, -0.25) is 0 Å². The maximum absolute atomic E-state index is 2.20. The van der Waals surface area contributed by atoms with Crippen LogP contribution in [0.4, 0.5) is 0 Å². The van der Waals surface area contributed by atoms with Gasteiger partial charge in [-0.15, -0.1) is 0 Å². The van der Waals surface area contributed by atoms with Crippen molar-refractivity contribution >= 4 is 16.3 Å². The zero-order chi connectivity index (χ0) is 8.67. The van der Waals surface area contributed by atoms with Crippen molar-refractivity contribution in [3.05, 3.63) is 54.9 Å². The lowest BCUT2D eigenvalue weighted by atomic mass is 10.2. The van der Waals surface area contributed by atoms with Crippen LogP contribution in [0.25, 0.3) is 16.3 Å². The van der Waals surface area contributed by atoms with Crippen molar-refractivity contribution in [3.63, 3.8) is 0 Å². The molecule has 62 valence electrons. The minimum atomic E-state index is 1.25. The van der Waals surface area contributed by atoms with E-state index in [1.807, 2.05) is 0 Å². The van der Waals surface area contributed by atoms with Gasteiger partial charge in [0.15, 0.2) is 0 Å². The molecule has 0 aliphatic carbocycles. The van der Waals surface area contributed by atoms with Crippen molar-refractivity contribution in [2.45, 2.75) is 0 Å². The van der Waals surface area contributed by atoms with Gasteiger partial charge in [0.1, 0.15) is 0 Å². The molecule has 0 saturated heterocycles. The summed E-state index contributed by atoms with van der Waals surface area (Å²) in [5.74, 6) is 0. The van der Waals surface area contributed by atoms with Crippen molar-refractivity contribution in [3.8, 4) is 0 Å². The Labute approximate surface area is 76.2 Å². The summed E-state index contributed by atoms with van der Waals surface area (Å²) in [6.07, 6.45) is 4.23. The third-order valence-corrected chi connectivity index (χ3v) is 2.39. The standard InChI is InChI=1S/C12H9N/c1-2-5-11-9-13-7-3-6-12(13)8-10(11)4-1/h1-9H. The fourth-order valence-electron chi connectivity index (χ4n) is 1.72. The largest absolute Gasteiger partial charge is 0.323 e. The molecule has 0 fully saturated rings. The lowest BCUT2D eigenvalue weighted by Crippen LogP contribution is -1.81. The molecular weight excluding hydrogens is 158 g/mol. The van der Waals surface area contributed by atoms with Gasteiger partial charge >= 0.3 is 0 Å². The molecule has 0 N–H and O–H groups in total. The summed E-state index contributed by atoms with van der Waals surface area (Å²) in [4.78, 5) is 0. The van der Waals surface area contributed by atoms with Gasteiger partial charge in [0, 0.05) is 17.9 Å². The average Bonchev–Trinajstić information content (AvgIpc) is 2.61. The van der Waals surface area contributed by atoms with Crippen LogP contribution in [0.1, 0.15) is 0 Å². The van der Waals surface area contributed by atoms with Crippen LogP contribution in [-0.2, 0) is 0 Å². The molecule has 0 aliphatic rings. The van der Waals surface area contributed by atoms with Gasteiger partial charge in [0.05, 0.1) is 0 Å². The molecule has 3 rings (SSSR count). The van der Waals surface area contributed by atoms with Gasteiger partial charge < -0.3 is 4.40 Å². The van der Waals surface area contributed by atoms with Crippen molar-refractivity contribution in [1.82, 2.24) is 4.40 Å². The van der Waals surface area contributed by atoms with Crippen LogP contribution in [0.5, 0.6) is 0 Å². The van der Waals surface area contributed by atoms with Crippen LogP contribution in [0, 0.1) is 0 Å². The van der Waals surface area contributed by atoms with Gasteiger partial charge in [-0.2, -0.15) is 0 Å². The summed E-state index contributed by atoms with van der Waals surface area (Å²) < 4.78 is 2.14. The van der Waals surface area contributed by atoms with Crippen LogP contribution in [0.2, 0.25) is 0 Å². The van der Waals surface area contributed by atoms with Crippen LogP contribution in [-0.4, -0.2) is 4.40 Å². The number of hydrogen-bond acceptors (Lipinski definition) is 0. The van der Waals surface area contributed by atoms with Gasteiger partial charge in [0.25, 0.3) is 0 Å². The maximum Gasteiger partial charge on any atom is 0.0456 e. The number of nitrogens with zero attached hydrogens (tertiary/aromatic N) is 1. The van der Waals surface area contributed by atoms with E-state index in [9.17, 15) is 0 Å². The SMILES string of the molecule is c1ccc2cn3cccc3cc2c1. The molecule has 13 heavy (non-hydrogen) atoms. The van der Waals surface area contributed by atoms with Gasteiger partial charge in [-0.25, -0.2) is 0 Å². The monoisotopic (exact) mass is 167 g/mol. The first-order chi connectivity index (χ1) is 6.43. The molecule has 0 bridgehead atoms. The fraction of sp³-hybridized carbons (Fsp3) is 0. The Balaban J connectivity index is 2.57. The number of hydrogen-bond donors (Lipinski definition) is 0. The summed E-state index contributed by atoms with van der Waals surface area (Å²) in [5, 5.41) is 2.58. The number of benzene rings is 1. The summed E-state index contributed by atoms with van der Waals surface area (Å²) in [7, 11) is 0. The number of aromatic nitrogens is 1. The molecule has 1 aromatic carbocycles. The maximum atomic E-state index is 2.20. The minimum Gasteiger partial charge on any atom is -0.323 e. The first-order valence-corrected chi connectivity index (χ1v) is 4.39. The predicted molar refractivity (Wildman–Crippen MR) is 54.9 cm³/mol. The number of fused-ring (bicyclic) bond motifs is 2.